The van der Waals surface area contributed by atoms with Crippen LogP contribution in [0.15, 0.2) is 30.3 Å². The summed E-state index contributed by atoms with van der Waals surface area (Å²) in [5, 5.41) is 0. The molecule has 0 saturated heterocycles. The predicted molar refractivity (Wildman–Crippen MR) is 66.5 cm³/mol. The van der Waals surface area contributed by atoms with Gasteiger partial charge in [0.05, 0.1) is 5.92 Å². The smallest absolute Gasteiger partial charge is 0.308 e. The Morgan fingerprint density at radius 2 is 2.06 bits per heavy atom. The van der Waals surface area contributed by atoms with Gasteiger partial charge in [0.15, 0.2) is 0 Å². The SMILES string of the molecule is CN(CCOC(=O)C1CC1)Cc1ccccc1. The van der Waals surface area contributed by atoms with Crippen LogP contribution in [-0.2, 0) is 16.1 Å². The second-order valence-electron chi connectivity index (χ2n) is 4.67. The van der Waals surface area contributed by atoms with Crippen molar-refractivity contribution in [3.8, 4) is 0 Å². The van der Waals surface area contributed by atoms with Crippen molar-refractivity contribution in [2.24, 2.45) is 5.92 Å². The van der Waals surface area contributed by atoms with E-state index in [1.807, 2.05) is 25.2 Å². The average Bonchev–Trinajstić information content (AvgIpc) is 3.14. The second kappa shape index (κ2) is 5.82. The molecule has 1 fully saturated rings. The number of hydrogen-bond donors (Lipinski definition) is 0. The maximum atomic E-state index is 11.3. The van der Waals surface area contributed by atoms with Crippen molar-refractivity contribution in [3.63, 3.8) is 0 Å². The summed E-state index contributed by atoms with van der Waals surface area (Å²) in [6.07, 6.45) is 2.03. The third-order valence-corrected chi connectivity index (χ3v) is 2.92. The number of hydrogen-bond acceptors (Lipinski definition) is 3. The summed E-state index contributed by atoms with van der Waals surface area (Å²) in [6, 6.07) is 10.3. The first kappa shape index (κ1) is 12.1. The normalized spacial score (nSPS) is 14.9. The molecule has 0 unspecified atom stereocenters. The molecule has 0 bridgehead atoms. The van der Waals surface area contributed by atoms with E-state index in [-0.39, 0.29) is 11.9 Å². The number of carbonyl (C=O) groups excluding carboxylic acids is 1. The third-order valence-electron chi connectivity index (χ3n) is 2.92. The van der Waals surface area contributed by atoms with E-state index in [0.717, 1.165) is 25.9 Å². The Hall–Kier alpha value is -1.35. The molecule has 1 aliphatic rings. The van der Waals surface area contributed by atoms with Crippen LogP contribution >= 0.6 is 0 Å². The quantitative estimate of drug-likeness (QED) is 0.704. The minimum Gasteiger partial charge on any atom is -0.464 e. The summed E-state index contributed by atoms with van der Waals surface area (Å²) < 4.78 is 5.19. The predicted octanol–water partition coefficient (Wildman–Crippen LogP) is 2.07. The van der Waals surface area contributed by atoms with E-state index >= 15 is 0 Å². The van der Waals surface area contributed by atoms with Crippen molar-refractivity contribution in [1.82, 2.24) is 4.90 Å². The van der Waals surface area contributed by atoms with Gasteiger partial charge < -0.3 is 4.74 Å². The van der Waals surface area contributed by atoms with Gasteiger partial charge in [-0.3, -0.25) is 9.69 Å². The molecule has 0 heterocycles. The van der Waals surface area contributed by atoms with Gasteiger partial charge in [-0.1, -0.05) is 30.3 Å². The van der Waals surface area contributed by atoms with E-state index in [2.05, 4.69) is 17.0 Å². The molecule has 2 rings (SSSR count). The first-order valence-electron chi connectivity index (χ1n) is 6.15. The van der Waals surface area contributed by atoms with Crippen molar-refractivity contribution in [2.75, 3.05) is 20.2 Å². The summed E-state index contributed by atoms with van der Waals surface area (Å²) in [6.45, 7) is 2.17. The Morgan fingerprint density at radius 3 is 2.71 bits per heavy atom. The number of benzene rings is 1. The molecule has 1 saturated carbocycles. The van der Waals surface area contributed by atoms with Gasteiger partial charge in [-0.25, -0.2) is 0 Å². The zero-order valence-corrected chi connectivity index (χ0v) is 10.3. The van der Waals surface area contributed by atoms with Crippen LogP contribution < -0.4 is 0 Å². The minimum atomic E-state index is -0.0156. The van der Waals surface area contributed by atoms with Crippen LogP contribution in [0.5, 0.6) is 0 Å². The van der Waals surface area contributed by atoms with Gasteiger partial charge in [-0.2, -0.15) is 0 Å². The van der Waals surface area contributed by atoms with Crippen molar-refractivity contribution < 1.29 is 9.53 Å². The number of likely N-dealkylation sites (N-methyl/N-ethyl adjacent to an activating group) is 1. The van der Waals surface area contributed by atoms with Crippen molar-refractivity contribution in [3.05, 3.63) is 35.9 Å². The first-order valence-corrected chi connectivity index (χ1v) is 6.15. The number of esters is 1. The molecule has 3 heteroatoms. The van der Waals surface area contributed by atoms with Gasteiger partial charge in [-0.15, -0.1) is 0 Å². The monoisotopic (exact) mass is 233 g/mol. The molecule has 17 heavy (non-hydrogen) atoms. The molecule has 1 aromatic rings. The Labute approximate surface area is 102 Å². The number of nitrogens with zero attached hydrogens (tertiary/aromatic N) is 1. The lowest BCUT2D eigenvalue weighted by Crippen LogP contribution is -2.24. The topological polar surface area (TPSA) is 29.5 Å². The van der Waals surface area contributed by atoms with Gasteiger partial charge in [-0.05, 0) is 25.5 Å². The first-order chi connectivity index (χ1) is 8.25. The molecule has 0 N–H and O–H groups in total. The molecule has 0 radical (unpaired) electrons. The highest BCUT2D eigenvalue weighted by molar-refractivity contribution is 5.74. The van der Waals surface area contributed by atoms with E-state index < -0.39 is 0 Å². The lowest BCUT2D eigenvalue weighted by Gasteiger charge is -2.16. The highest BCUT2D eigenvalue weighted by Crippen LogP contribution is 2.29. The summed E-state index contributed by atoms with van der Waals surface area (Å²) in [5.74, 6) is 0.188. The fraction of sp³-hybridized carbons (Fsp3) is 0.500. The number of ether oxygens (including phenoxy) is 1. The summed E-state index contributed by atoms with van der Waals surface area (Å²) in [7, 11) is 2.04. The molecule has 0 spiro atoms. The molecule has 0 atom stereocenters. The summed E-state index contributed by atoms with van der Waals surface area (Å²) in [4.78, 5) is 13.5. The van der Waals surface area contributed by atoms with E-state index in [1.165, 1.54) is 5.56 Å². The molecule has 3 nitrogen and oxygen atoms in total. The van der Waals surface area contributed by atoms with Crippen molar-refractivity contribution in [2.45, 2.75) is 19.4 Å². The Balaban J connectivity index is 1.63. The van der Waals surface area contributed by atoms with Crippen LogP contribution in [0.4, 0.5) is 0 Å². The number of rotatable bonds is 6. The number of carbonyl (C=O) groups is 1. The van der Waals surface area contributed by atoms with Crippen LogP contribution in [0.1, 0.15) is 18.4 Å². The Bertz CT molecular complexity index is 360. The molecule has 0 amide bonds. The zero-order valence-electron chi connectivity index (χ0n) is 10.3. The van der Waals surface area contributed by atoms with Gasteiger partial charge >= 0.3 is 5.97 Å². The van der Waals surface area contributed by atoms with Gasteiger partial charge in [0.1, 0.15) is 6.61 Å². The molecule has 1 aliphatic carbocycles. The maximum absolute atomic E-state index is 11.3. The molecule has 92 valence electrons. The van der Waals surface area contributed by atoms with Crippen LogP contribution in [-0.4, -0.2) is 31.1 Å². The third kappa shape index (κ3) is 4.19. The van der Waals surface area contributed by atoms with E-state index in [1.54, 1.807) is 0 Å². The van der Waals surface area contributed by atoms with E-state index in [0.29, 0.717) is 6.61 Å². The second-order valence-corrected chi connectivity index (χ2v) is 4.67. The van der Waals surface area contributed by atoms with E-state index in [9.17, 15) is 4.79 Å². The minimum absolute atomic E-state index is 0.0156. The zero-order chi connectivity index (χ0) is 12.1. The van der Waals surface area contributed by atoms with E-state index in [4.69, 9.17) is 4.74 Å². The van der Waals surface area contributed by atoms with Gasteiger partial charge in [0.2, 0.25) is 0 Å². The molecular formula is C14H19NO2. The average molecular weight is 233 g/mol. The Kier molecular flexibility index (Phi) is 4.15. The largest absolute Gasteiger partial charge is 0.464 e. The summed E-state index contributed by atoms with van der Waals surface area (Å²) >= 11 is 0. The summed E-state index contributed by atoms with van der Waals surface area (Å²) in [5.41, 5.74) is 1.28. The van der Waals surface area contributed by atoms with Crippen LogP contribution in [0.2, 0.25) is 0 Å². The van der Waals surface area contributed by atoms with Gasteiger partial charge in [0.25, 0.3) is 0 Å². The molecular weight excluding hydrogens is 214 g/mol. The molecule has 0 aromatic heterocycles. The fourth-order valence-electron chi connectivity index (χ4n) is 1.71. The lowest BCUT2D eigenvalue weighted by atomic mass is 10.2. The van der Waals surface area contributed by atoms with Crippen LogP contribution in [0, 0.1) is 5.92 Å². The molecule has 1 aromatic carbocycles. The highest BCUT2D eigenvalue weighted by Gasteiger charge is 2.30. The van der Waals surface area contributed by atoms with Crippen molar-refractivity contribution in [1.29, 1.82) is 0 Å². The highest BCUT2D eigenvalue weighted by atomic mass is 16.5. The van der Waals surface area contributed by atoms with Crippen molar-refractivity contribution >= 4 is 5.97 Å². The lowest BCUT2D eigenvalue weighted by molar-refractivity contribution is -0.145. The Morgan fingerprint density at radius 1 is 1.35 bits per heavy atom. The van der Waals surface area contributed by atoms with Gasteiger partial charge in [0, 0.05) is 13.1 Å². The van der Waals surface area contributed by atoms with Crippen LogP contribution in [0.25, 0.3) is 0 Å². The molecule has 0 aliphatic heterocycles. The van der Waals surface area contributed by atoms with Crippen LogP contribution in [0.3, 0.4) is 0 Å². The maximum Gasteiger partial charge on any atom is 0.308 e. The fourth-order valence-corrected chi connectivity index (χ4v) is 1.71. The standard InChI is InChI=1S/C14H19NO2/c1-15(11-12-5-3-2-4-6-12)9-10-17-14(16)13-7-8-13/h2-6,13H,7-11H2,1H3.